The lowest BCUT2D eigenvalue weighted by Crippen LogP contribution is -2.57. The number of hydrogen-bond donors (Lipinski definition) is 2. The summed E-state index contributed by atoms with van der Waals surface area (Å²) in [6.07, 6.45) is 4.96. The molecule has 1 fully saturated rings. The van der Waals surface area contributed by atoms with Gasteiger partial charge in [-0.2, -0.15) is 0 Å². The van der Waals surface area contributed by atoms with Gasteiger partial charge in [0.2, 0.25) is 0 Å². The van der Waals surface area contributed by atoms with Crippen molar-refractivity contribution in [1.29, 1.82) is 0 Å². The molecule has 1 atom stereocenters. The molecule has 0 aromatic heterocycles. The maximum atomic E-state index is 9.39. The first-order chi connectivity index (χ1) is 8.37. The summed E-state index contributed by atoms with van der Waals surface area (Å²) in [7, 11) is 8.50. The van der Waals surface area contributed by atoms with Crippen molar-refractivity contribution in [3.05, 3.63) is 0 Å². The van der Waals surface area contributed by atoms with Crippen molar-refractivity contribution in [3.8, 4) is 0 Å². The SMILES string of the molecule is CNC(C)(CO)CCN(C)CC1(N(C)C)CCC1. The maximum Gasteiger partial charge on any atom is 0.0610 e. The van der Waals surface area contributed by atoms with E-state index in [0.717, 1.165) is 19.5 Å². The van der Waals surface area contributed by atoms with Crippen LogP contribution < -0.4 is 5.32 Å². The molecule has 0 bridgehead atoms. The molecule has 1 aliphatic carbocycles. The third kappa shape index (κ3) is 3.67. The number of aliphatic hydroxyl groups is 1. The van der Waals surface area contributed by atoms with Crippen LogP contribution in [0.4, 0.5) is 0 Å². The highest BCUT2D eigenvalue weighted by molar-refractivity contribution is 4.98. The summed E-state index contributed by atoms with van der Waals surface area (Å²) in [5, 5.41) is 12.6. The minimum absolute atomic E-state index is 0.154. The van der Waals surface area contributed by atoms with Crippen molar-refractivity contribution in [2.45, 2.75) is 43.7 Å². The van der Waals surface area contributed by atoms with Gasteiger partial charge in [-0.25, -0.2) is 0 Å². The molecule has 108 valence electrons. The molecule has 0 aromatic rings. The zero-order valence-corrected chi connectivity index (χ0v) is 12.8. The van der Waals surface area contributed by atoms with Gasteiger partial charge in [0, 0.05) is 17.6 Å². The third-order valence-electron chi connectivity index (χ3n) is 4.80. The molecule has 0 amide bonds. The standard InChI is InChI=1S/C14H31N3O/c1-13(12-18,15-2)9-10-17(5)11-14(16(3)4)7-6-8-14/h15,18H,6-12H2,1-5H3. The van der Waals surface area contributed by atoms with Crippen LogP contribution in [0, 0.1) is 0 Å². The Morgan fingerprint density at radius 1 is 1.28 bits per heavy atom. The number of aliphatic hydroxyl groups excluding tert-OH is 1. The molecular formula is C14H31N3O. The highest BCUT2D eigenvalue weighted by atomic mass is 16.3. The first-order valence-corrected chi connectivity index (χ1v) is 7.03. The molecule has 1 saturated carbocycles. The van der Waals surface area contributed by atoms with Crippen LogP contribution in [0.2, 0.25) is 0 Å². The highest BCUT2D eigenvalue weighted by Crippen LogP contribution is 2.36. The molecule has 1 aliphatic rings. The van der Waals surface area contributed by atoms with Crippen LogP contribution >= 0.6 is 0 Å². The topological polar surface area (TPSA) is 38.7 Å². The Morgan fingerprint density at radius 2 is 1.89 bits per heavy atom. The Balaban J connectivity index is 2.39. The predicted molar refractivity (Wildman–Crippen MR) is 76.9 cm³/mol. The minimum atomic E-state index is -0.154. The monoisotopic (exact) mass is 257 g/mol. The molecule has 0 aromatic carbocycles. The van der Waals surface area contributed by atoms with E-state index >= 15 is 0 Å². The Labute approximate surface area is 112 Å². The average Bonchev–Trinajstić information content (AvgIpc) is 2.30. The predicted octanol–water partition coefficient (Wildman–Crippen LogP) is 0.763. The number of rotatable bonds is 8. The van der Waals surface area contributed by atoms with Gasteiger partial charge in [-0.1, -0.05) is 0 Å². The molecule has 18 heavy (non-hydrogen) atoms. The summed E-state index contributed by atoms with van der Waals surface area (Å²) >= 11 is 0. The van der Waals surface area contributed by atoms with Crippen molar-refractivity contribution in [3.63, 3.8) is 0 Å². The van der Waals surface area contributed by atoms with Gasteiger partial charge in [0.25, 0.3) is 0 Å². The van der Waals surface area contributed by atoms with Crippen LogP contribution in [0.25, 0.3) is 0 Å². The van der Waals surface area contributed by atoms with Crippen molar-refractivity contribution >= 4 is 0 Å². The summed E-state index contributed by atoms with van der Waals surface area (Å²) in [6, 6.07) is 0. The fourth-order valence-corrected chi connectivity index (χ4v) is 2.63. The van der Waals surface area contributed by atoms with Crippen molar-refractivity contribution in [2.75, 3.05) is 47.9 Å². The molecule has 0 aliphatic heterocycles. The second-order valence-electron chi connectivity index (χ2n) is 6.43. The normalized spacial score (nSPS) is 22.0. The molecule has 0 radical (unpaired) electrons. The van der Waals surface area contributed by atoms with Gasteiger partial charge >= 0.3 is 0 Å². The van der Waals surface area contributed by atoms with E-state index in [1.165, 1.54) is 19.3 Å². The Kier molecular flexibility index (Phi) is 5.59. The zero-order chi connectivity index (χ0) is 13.8. The lowest BCUT2D eigenvalue weighted by molar-refractivity contribution is 0.0247. The first-order valence-electron chi connectivity index (χ1n) is 7.03. The Hall–Kier alpha value is -0.160. The molecular weight excluding hydrogens is 226 g/mol. The summed E-state index contributed by atoms with van der Waals surface area (Å²) in [5.74, 6) is 0. The van der Waals surface area contributed by atoms with Crippen LogP contribution in [-0.2, 0) is 0 Å². The maximum absolute atomic E-state index is 9.39. The number of nitrogens with one attached hydrogen (secondary N) is 1. The summed E-state index contributed by atoms with van der Waals surface area (Å²) in [6.45, 7) is 4.42. The van der Waals surface area contributed by atoms with Crippen LogP contribution in [0.5, 0.6) is 0 Å². The smallest absolute Gasteiger partial charge is 0.0610 e. The molecule has 4 nitrogen and oxygen atoms in total. The molecule has 4 heteroatoms. The molecule has 0 spiro atoms. The lowest BCUT2D eigenvalue weighted by Gasteiger charge is -2.49. The summed E-state index contributed by atoms with van der Waals surface area (Å²) in [5.41, 5.74) is 0.239. The Bertz CT molecular complexity index is 247. The zero-order valence-electron chi connectivity index (χ0n) is 12.8. The van der Waals surface area contributed by atoms with Gasteiger partial charge in [0.15, 0.2) is 0 Å². The van der Waals surface area contributed by atoms with E-state index in [0.29, 0.717) is 5.54 Å². The fraction of sp³-hybridized carbons (Fsp3) is 1.00. The van der Waals surface area contributed by atoms with E-state index in [-0.39, 0.29) is 12.1 Å². The second kappa shape index (κ2) is 6.33. The van der Waals surface area contributed by atoms with E-state index in [9.17, 15) is 5.11 Å². The largest absolute Gasteiger partial charge is 0.394 e. The first kappa shape index (κ1) is 15.9. The van der Waals surface area contributed by atoms with E-state index < -0.39 is 0 Å². The van der Waals surface area contributed by atoms with Gasteiger partial charge in [-0.3, -0.25) is 0 Å². The average molecular weight is 257 g/mol. The second-order valence-corrected chi connectivity index (χ2v) is 6.43. The van der Waals surface area contributed by atoms with E-state index in [1.807, 2.05) is 7.05 Å². The van der Waals surface area contributed by atoms with Crippen molar-refractivity contribution in [2.24, 2.45) is 0 Å². The van der Waals surface area contributed by atoms with Crippen LogP contribution in [0.3, 0.4) is 0 Å². The molecule has 1 unspecified atom stereocenters. The van der Waals surface area contributed by atoms with E-state index in [2.05, 4.69) is 43.2 Å². The number of likely N-dealkylation sites (N-methyl/N-ethyl adjacent to an activating group) is 3. The molecule has 0 saturated heterocycles. The fourth-order valence-electron chi connectivity index (χ4n) is 2.63. The molecule has 1 rings (SSSR count). The summed E-state index contributed by atoms with van der Waals surface area (Å²) in [4.78, 5) is 4.79. The van der Waals surface area contributed by atoms with Gasteiger partial charge in [0.1, 0.15) is 0 Å². The van der Waals surface area contributed by atoms with Gasteiger partial charge in [0.05, 0.1) is 6.61 Å². The van der Waals surface area contributed by atoms with Crippen LogP contribution in [0.1, 0.15) is 32.6 Å². The van der Waals surface area contributed by atoms with Gasteiger partial charge in [-0.15, -0.1) is 0 Å². The van der Waals surface area contributed by atoms with Gasteiger partial charge < -0.3 is 20.2 Å². The minimum Gasteiger partial charge on any atom is -0.394 e. The van der Waals surface area contributed by atoms with Crippen molar-refractivity contribution < 1.29 is 5.11 Å². The Morgan fingerprint density at radius 3 is 2.22 bits per heavy atom. The highest BCUT2D eigenvalue weighted by Gasteiger charge is 2.39. The van der Waals surface area contributed by atoms with Crippen LogP contribution in [0.15, 0.2) is 0 Å². The lowest BCUT2D eigenvalue weighted by atomic mass is 9.75. The quantitative estimate of drug-likeness (QED) is 0.673. The van der Waals surface area contributed by atoms with Gasteiger partial charge in [-0.05, 0) is 67.3 Å². The number of hydrogen-bond acceptors (Lipinski definition) is 4. The van der Waals surface area contributed by atoms with Crippen molar-refractivity contribution in [1.82, 2.24) is 15.1 Å². The molecule has 0 heterocycles. The van der Waals surface area contributed by atoms with E-state index in [1.54, 1.807) is 0 Å². The van der Waals surface area contributed by atoms with Crippen LogP contribution in [-0.4, -0.2) is 73.9 Å². The van der Waals surface area contributed by atoms with E-state index in [4.69, 9.17) is 0 Å². The number of nitrogens with zero attached hydrogens (tertiary/aromatic N) is 2. The summed E-state index contributed by atoms with van der Waals surface area (Å²) < 4.78 is 0. The third-order valence-corrected chi connectivity index (χ3v) is 4.80. The molecule has 2 N–H and O–H groups in total.